The molecular formula is C50H49N5O6. The number of nitrogens with zero attached hydrogens (tertiary/aromatic N) is 2. The lowest BCUT2D eigenvalue weighted by Crippen LogP contribution is -2.43. The Hall–Kier alpha value is -6.50. The molecule has 61 heavy (non-hydrogen) atoms. The van der Waals surface area contributed by atoms with Gasteiger partial charge >= 0.3 is 11.7 Å². The number of imidazole rings is 1. The Labute approximate surface area is 354 Å². The zero-order valence-electron chi connectivity index (χ0n) is 33.8. The molecule has 2 aliphatic rings. The molecule has 2 fully saturated rings. The van der Waals surface area contributed by atoms with Crippen molar-refractivity contribution in [3.63, 3.8) is 0 Å². The molecule has 0 aliphatic carbocycles. The van der Waals surface area contributed by atoms with Crippen LogP contribution >= 0.6 is 0 Å². The first-order valence-electron chi connectivity index (χ1n) is 20.9. The number of H-pyrrole nitrogens is 1. The Morgan fingerprint density at radius 1 is 0.754 bits per heavy atom. The second-order valence-corrected chi connectivity index (χ2v) is 15.7. The molecule has 2 saturated heterocycles. The summed E-state index contributed by atoms with van der Waals surface area (Å²) in [6, 6.07) is 48.8. The molecular weight excluding hydrogens is 767 g/mol. The minimum Gasteiger partial charge on any atom is -0.457 e. The fourth-order valence-corrected chi connectivity index (χ4v) is 8.48. The molecule has 9 rings (SSSR count). The normalized spacial score (nSPS) is 18.5. The molecule has 310 valence electrons. The van der Waals surface area contributed by atoms with E-state index in [1.807, 2.05) is 126 Å². The van der Waals surface area contributed by atoms with Gasteiger partial charge in [0.1, 0.15) is 11.5 Å². The van der Waals surface area contributed by atoms with Gasteiger partial charge in [-0.3, -0.25) is 4.57 Å². The summed E-state index contributed by atoms with van der Waals surface area (Å²) in [5, 5.41) is 15.6. The van der Waals surface area contributed by atoms with E-state index < -0.39 is 6.29 Å². The Bertz CT molecular complexity index is 2600. The highest BCUT2D eigenvalue weighted by molar-refractivity contribution is 5.89. The van der Waals surface area contributed by atoms with Crippen LogP contribution in [0.2, 0.25) is 0 Å². The van der Waals surface area contributed by atoms with Gasteiger partial charge < -0.3 is 39.8 Å². The van der Waals surface area contributed by atoms with Crippen molar-refractivity contribution in [2.75, 3.05) is 25.0 Å². The van der Waals surface area contributed by atoms with Gasteiger partial charge in [-0.2, -0.15) is 0 Å². The fourth-order valence-electron chi connectivity index (χ4n) is 8.48. The summed E-state index contributed by atoms with van der Waals surface area (Å²) in [4.78, 5) is 31.3. The highest BCUT2D eigenvalue weighted by atomic mass is 16.7. The number of likely N-dealkylation sites (tertiary alicyclic amines) is 1. The number of fused-ring (bicyclic) bond motifs is 1. The molecule has 2 aliphatic heterocycles. The number of carbonyl (C=O) groups excluding carboxylic acids is 1. The predicted molar refractivity (Wildman–Crippen MR) is 236 cm³/mol. The second-order valence-electron chi connectivity index (χ2n) is 15.7. The Morgan fingerprint density at radius 3 is 2.21 bits per heavy atom. The topological polar surface area (TPSA) is 130 Å². The van der Waals surface area contributed by atoms with E-state index in [2.05, 4.69) is 50.8 Å². The van der Waals surface area contributed by atoms with Crippen LogP contribution < -0.4 is 21.1 Å². The zero-order chi connectivity index (χ0) is 41.5. The molecule has 11 heteroatoms. The largest absolute Gasteiger partial charge is 0.457 e. The van der Waals surface area contributed by atoms with E-state index in [4.69, 9.17) is 14.2 Å². The molecule has 1 aromatic heterocycles. The molecule has 6 aromatic carbocycles. The van der Waals surface area contributed by atoms with Gasteiger partial charge in [0.25, 0.3) is 0 Å². The number of nitrogens with one attached hydrogen (secondary N) is 3. The van der Waals surface area contributed by atoms with E-state index in [0.717, 1.165) is 82.6 Å². The standard InChI is InChI=1S/C50H49N5O6/c56-33-34-14-16-36(17-15-34)47-30-43(32-54-28-26-40(27-29-54)55-46-13-7-6-12-45(46)53-50(55)58)60-48(61-47)37-20-18-35(19-21-37)44-11-5-4-8-38(44)31-51-49(57)52-39-22-24-42(25-23-39)59-41-9-2-1-3-10-41/h1-25,40,43,47-48,56H,26-33H2,(H,53,58)(H2,51,52,57)/t43-,47+,48+/m0/s1. The highest BCUT2D eigenvalue weighted by Gasteiger charge is 2.34. The number of hydrogen-bond donors (Lipinski definition) is 4. The SMILES string of the molecule is O=C(NCc1ccccc1-c1ccc([C@@H]2O[C@H](CN3CCC(n4c(=O)[nH]c5ccccc54)CC3)C[C@H](c3ccc(CO)cc3)O2)cc1)Nc1ccc(Oc2ccccc2)cc1. The monoisotopic (exact) mass is 815 g/mol. The summed E-state index contributed by atoms with van der Waals surface area (Å²) >= 11 is 0. The Balaban J connectivity index is 0.848. The van der Waals surface area contributed by atoms with E-state index in [1.54, 1.807) is 0 Å². The average Bonchev–Trinajstić information content (AvgIpc) is 3.65. The number of benzene rings is 6. The van der Waals surface area contributed by atoms with Gasteiger partial charge in [-0.05, 0) is 89.2 Å². The van der Waals surface area contributed by atoms with Crippen LogP contribution in [0.5, 0.6) is 11.5 Å². The second kappa shape index (κ2) is 18.4. The summed E-state index contributed by atoms with van der Waals surface area (Å²) in [5.41, 5.74) is 8.26. The number of piperidine rings is 1. The first-order valence-corrected chi connectivity index (χ1v) is 20.9. The number of aliphatic hydroxyl groups is 1. The van der Waals surface area contributed by atoms with Crippen molar-refractivity contribution in [3.8, 4) is 22.6 Å². The van der Waals surface area contributed by atoms with E-state index in [1.165, 1.54) is 0 Å². The van der Waals surface area contributed by atoms with Gasteiger partial charge in [0, 0.05) is 49.9 Å². The lowest BCUT2D eigenvalue weighted by Gasteiger charge is -2.40. The maximum Gasteiger partial charge on any atom is 0.326 e. The van der Waals surface area contributed by atoms with Crippen molar-refractivity contribution >= 4 is 22.8 Å². The van der Waals surface area contributed by atoms with Gasteiger partial charge in [-0.15, -0.1) is 0 Å². The van der Waals surface area contributed by atoms with Crippen LogP contribution in [0.25, 0.3) is 22.2 Å². The van der Waals surface area contributed by atoms with E-state index in [9.17, 15) is 14.7 Å². The van der Waals surface area contributed by atoms with Crippen LogP contribution in [-0.2, 0) is 22.6 Å². The first-order chi connectivity index (χ1) is 30.0. The van der Waals surface area contributed by atoms with Crippen molar-refractivity contribution < 1.29 is 24.1 Å². The Morgan fingerprint density at radius 2 is 1.44 bits per heavy atom. The number of amides is 2. The first kappa shape index (κ1) is 39.9. The number of para-hydroxylation sites is 3. The lowest BCUT2D eigenvalue weighted by atomic mass is 9.97. The van der Waals surface area contributed by atoms with Crippen LogP contribution in [0.15, 0.2) is 156 Å². The number of ether oxygens (including phenoxy) is 3. The molecule has 0 spiro atoms. The summed E-state index contributed by atoms with van der Waals surface area (Å²) in [6.45, 7) is 2.79. The average molecular weight is 816 g/mol. The van der Waals surface area contributed by atoms with Gasteiger partial charge in [0.05, 0.1) is 29.8 Å². The van der Waals surface area contributed by atoms with Crippen molar-refractivity contribution in [2.24, 2.45) is 0 Å². The number of anilines is 1. The van der Waals surface area contributed by atoms with Crippen LogP contribution in [0.4, 0.5) is 10.5 Å². The van der Waals surface area contributed by atoms with E-state index in [0.29, 0.717) is 24.4 Å². The van der Waals surface area contributed by atoms with Crippen LogP contribution in [0, 0.1) is 0 Å². The number of hydrogen-bond acceptors (Lipinski definition) is 7. The number of aromatic amines is 1. The molecule has 0 unspecified atom stereocenters. The lowest BCUT2D eigenvalue weighted by molar-refractivity contribution is -0.253. The summed E-state index contributed by atoms with van der Waals surface area (Å²) in [7, 11) is 0. The van der Waals surface area contributed by atoms with E-state index >= 15 is 0 Å². The molecule has 2 amide bonds. The maximum absolute atomic E-state index is 13.0. The van der Waals surface area contributed by atoms with Crippen LogP contribution in [0.1, 0.15) is 60.0 Å². The number of aromatic nitrogens is 2. The van der Waals surface area contributed by atoms with Gasteiger partial charge in [0.2, 0.25) is 0 Å². The molecule has 0 bridgehead atoms. The van der Waals surface area contributed by atoms with Crippen molar-refractivity contribution in [3.05, 3.63) is 184 Å². The molecule has 4 N–H and O–H groups in total. The maximum atomic E-state index is 13.0. The van der Waals surface area contributed by atoms with Crippen molar-refractivity contribution in [1.82, 2.24) is 19.8 Å². The number of urea groups is 1. The molecule has 3 heterocycles. The quantitative estimate of drug-likeness (QED) is 0.0967. The molecule has 0 saturated carbocycles. The highest BCUT2D eigenvalue weighted by Crippen LogP contribution is 2.39. The van der Waals surface area contributed by atoms with Gasteiger partial charge in [-0.25, -0.2) is 9.59 Å². The summed E-state index contributed by atoms with van der Waals surface area (Å²) in [6.07, 6.45) is 1.57. The van der Waals surface area contributed by atoms with Gasteiger partial charge in [-0.1, -0.05) is 103 Å². The number of carbonyl (C=O) groups is 1. The molecule has 3 atom stereocenters. The summed E-state index contributed by atoms with van der Waals surface area (Å²) in [5.74, 6) is 1.43. The molecule has 0 radical (unpaired) electrons. The molecule has 11 nitrogen and oxygen atoms in total. The third kappa shape index (κ3) is 9.46. The van der Waals surface area contributed by atoms with Crippen LogP contribution in [0.3, 0.4) is 0 Å². The number of aliphatic hydroxyl groups excluding tert-OH is 1. The third-order valence-electron chi connectivity index (χ3n) is 11.7. The van der Waals surface area contributed by atoms with Crippen molar-refractivity contribution in [1.29, 1.82) is 0 Å². The third-order valence-corrected chi connectivity index (χ3v) is 11.7. The predicted octanol–water partition coefficient (Wildman–Crippen LogP) is 9.49. The zero-order valence-corrected chi connectivity index (χ0v) is 33.8. The van der Waals surface area contributed by atoms with Crippen molar-refractivity contribution in [2.45, 2.75) is 57.0 Å². The van der Waals surface area contributed by atoms with Crippen LogP contribution in [-0.4, -0.2) is 51.3 Å². The minimum absolute atomic E-state index is 0.0139. The molecule has 7 aromatic rings. The minimum atomic E-state index is -0.586. The number of rotatable bonds is 12. The van der Waals surface area contributed by atoms with Gasteiger partial charge in [0.15, 0.2) is 6.29 Å². The summed E-state index contributed by atoms with van der Waals surface area (Å²) < 4.78 is 21.2. The smallest absolute Gasteiger partial charge is 0.326 e. The Kier molecular flexibility index (Phi) is 12.1. The van der Waals surface area contributed by atoms with E-state index in [-0.39, 0.29) is 36.6 Å². The fraction of sp³-hybridized carbons (Fsp3) is 0.240.